The van der Waals surface area contributed by atoms with E-state index in [1.807, 2.05) is 79.0 Å². The monoisotopic (exact) mass is 508 g/mol. The Labute approximate surface area is 222 Å². The van der Waals surface area contributed by atoms with E-state index in [0.717, 1.165) is 66.7 Å². The van der Waals surface area contributed by atoms with E-state index in [4.69, 9.17) is 0 Å². The van der Waals surface area contributed by atoms with Crippen molar-refractivity contribution in [1.82, 2.24) is 9.88 Å². The van der Waals surface area contributed by atoms with Crippen molar-refractivity contribution in [2.45, 2.75) is 31.7 Å². The minimum atomic E-state index is -0.151. The number of piperidine rings is 1. The molecule has 4 aromatic rings. The highest BCUT2D eigenvalue weighted by Gasteiger charge is 2.24. The molecule has 0 spiro atoms. The van der Waals surface area contributed by atoms with Gasteiger partial charge in [0.05, 0.1) is 5.52 Å². The van der Waals surface area contributed by atoms with E-state index in [9.17, 15) is 14.7 Å². The van der Waals surface area contributed by atoms with Crippen molar-refractivity contribution in [1.29, 1.82) is 0 Å². The Hall–Kier alpha value is -4.10. The topological polar surface area (TPSA) is 86.6 Å². The number of hydrogen-bond donors (Lipinski definition) is 3. The first-order valence-electron chi connectivity index (χ1n) is 13.4. The van der Waals surface area contributed by atoms with Crippen LogP contribution in [0.2, 0.25) is 0 Å². The lowest BCUT2D eigenvalue weighted by molar-refractivity contribution is 0.0950. The average molecular weight is 509 g/mol. The molecule has 7 heteroatoms. The average Bonchev–Trinajstić information content (AvgIpc) is 3.68. The zero-order valence-electron chi connectivity index (χ0n) is 21.3. The molecule has 6 rings (SSSR count). The fraction of sp³-hybridized carbons (Fsp3) is 0.290. The first kappa shape index (κ1) is 24.2. The van der Waals surface area contributed by atoms with Gasteiger partial charge in [-0.15, -0.1) is 0 Å². The van der Waals surface area contributed by atoms with Gasteiger partial charge >= 0.3 is 0 Å². The van der Waals surface area contributed by atoms with Crippen LogP contribution in [0.3, 0.4) is 0 Å². The van der Waals surface area contributed by atoms with Crippen LogP contribution in [-0.4, -0.2) is 47.2 Å². The van der Waals surface area contributed by atoms with Gasteiger partial charge in [0.15, 0.2) is 0 Å². The molecule has 0 bridgehead atoms. The normalized spacial score (nSPS) is 17.4. The summed E-state index contributed by atoms with van der Waals surface area (Å²) in [5, 5.41) is 16.5. The second-order valence-corrected chi connectivity index (χ2v) is 10.4. The molecule has 38 heavy (non-hydrogen) atoms. The smallest absolute Gasteiger partial charge is 0.255 e. The van der Waals surface area contributed by atoms with Gasteiger partial charge < -0.3 is 25.2 Å². The molecular weight excluding hydrogens is 476 g/mol. The Morgan fingerprint density at radius 2 is 1.55 bits per heavy atom. The molecule has 1 aliphatic carbocycles. The number of carbonyl (C=O) groups is 2. The predicted molar refractivity (Wildman–Crippen MR) is 150 cm³/mol. The van der Waals surface area contributed by atoms with Crippen LogP contribution in [0.5, 0.6) is 0 Å². The van der Waals surface area contributed by atoms with E-state index in [1.54, 1.807) is 0 Å². The van der Waals surface area contributed by atoms with Gasteiger partial charge in [0.2, 0.25) is 0 Å². The lowest BCUT2D eigenvalue weighted by atomic mass is 9.98. The van der Waals surface area contributed by atoms with E-state index >= 15 is 0 Å². The van der Waals surface area contributed by atoms with Gasteiger partial charge in [-0.25, -0.2) is 0 Å². The molecule has 1 saturated heterocycles. The van der Waals surface area contributed by atoms with Gasteiger partial charge in [-0.2, -0.15) is 0 Å². The molecule has 2 aliphatic rings. The van der Waals surface area contributed by atoms with Crippen molar-refractivity contribution in [3.05, 3.63) is 90.1 Å². The molecule has 1 atom stereocenters. The van der Waals surface area contributed by atoms with Gasteiger partial charge in [-0.1, -0.05) is 0 Å². The minimum absolute atomic E-state index is 0.0201. The maximum absolute atomic E-state index is 12.9. The summed E-state index contributed by atoms with van der Waals surface area (Å²) in [7, 11) is 0. The molecule has 3 N–H and O–H groups in total. The highest BCUT2D eigenvalue weighted by Crippen LogP contribution is 2.26. The van der Waals surface area contributed by atoms with Crippen molar-refractivity contribution < 1.29 is 14.7 Å². The van der Waals surface area contributed by atoms with E-state index in [2.05, 4.69) is 20.1 Å². The summed E-state index contributed by atoms with van der Waals surface area (Å²) in [5.74, 6) is 0.143. The van der Waals surface area contributed by atoms with Crippen LogP contribution in [0.1, 0.15) is 46.4 Å². The number of hydrogen-bond acceptors (Lipinski definition) is 4. The number of aliphatic hydroxyl groups is 1. The summed E-state index contributed by atoms with van der Waals surface area (Å²) in [5.41, 5.74) is 5.08. The molecule has 0 radical (unpaired) electrons. The fourth-order valence-corrected chi connectivity index (χ4v) is 5.19. The minimum Gasteiger partial charge on any atom is -0.396 e. The van der Waals surface area contributed by atoms with Crippen LogP contribution in [0.4, 0.5) is 11.4 Å². The van der Waals surface area contributed by atoms with Gasteiger partial charge in [-0.3, -0.25) is 9.59 Å². The lowest BCUT2D eigenvalue weighted by Gasteiger charge is -2.33. The van der Waals surface area contributed by atoms with Crippen LogP contribution >= 0.6 is 0 Å². The quantitative estimate of drug-likeness (QED) is 0.329. The van der Waals surface area contributed by atoms with Gasteiger partial charge in [0, 0.05) is 65.5 Å². The molecular formula is C31H32N4O3. The number of nitrogens with zero attached hydrogens (tertiary/aromatic N) is 2. The number of nitrogens with one attached hydrogen (secondary N) is 2. The highest BCUT2D eigenvalue weighted by atomic mass is 16.3. The number of benzene rings is 3. The number of aliphatic hydroxyl groups excluding tert-OH is 1. The van der Waals surface area contributed by atoms with Crippen LogP contribution in [0.15, 0.2) is 79.0 Å². The zero-order valence-corrected chi connectivity index (χ0v) is 21.3. The van der Waals surface area contributed by atoms with Gasteiger partial charge in [-0.05, 0) is 104 Å². The zero-order chi connectivity index (χ0) is 26.1. The maximum Gasteiger partial charge on any atom is 0.255 e. The maximum atomic E-state index is 12.9. The summed E-state index contributed by atoms with van der Waals surface area (Å²) in [6.07, 6.45) is 6.27. The lowest BCUT2D eigenvalue weighted by Crippen LogP contribution is -2.36. The van der Waals surface area contributed by atoms with E-state index in [-0.39, 0.29) is 18.4 Å². The molecule has 7 nitrogen and oxygen atoms in total. The van der Waals surface area contributed by atoms with Crippen LogP contribution < -0.4 is 15.5 Å². The molecule has 1 aromatic heterocycles. The first-order valence-corrected chi connectivity index (χ1v) is 13.4. The largest absolute Gasteiger partial charge is 0.396 e. The number of anilines is 2. The van der Waals surface area contributed by atoms with E-state index in [0.29, 0.717) is 23.1 Å². The van der Waals surface area contributed by atoms with Gasteiger partial charge in [0.1, 0.15) is 0 Å². The number of rotatable bonds is 7. The molecule has 2 amide bonds. The Morgan fingerprint density at radius 1 is 0.842 bits per heavy atom. The van der Waals surface area contributed by atoms with Crippen LogP contribution in [0.25, 0.3) is 16.6 Å². The van der Waals surface area contributed by atoms with Crippen molar-refractivity contribution >= 4 is 34.1 Å². The summed E-state index contributed by atoms with van der Waals surface area (Å²) >= 11 is 0. The second kappa shape index (κ2) is 10.3. The third-order valence-electron chi connectivity index (χ3n) is 7.54. The fourth-order valence-electron chi connectivity index (χ4n) is 5.19. The van der Waals surface area contributed by atoms with Crippen molar-refractivity contribution in [2.24, 2.45) is 5.92 Å². The molecule has 1 unspecified atom stereocenters. The molecule has 2 heterocycles. The second-order valence-electron chi connectivity index (χ2n) is 10.4. The number of fused-ring (bicyclic) bond motifs is 1. The molecule has 1 saturated carbocycles. The SMILES string of the molecule is O=C(Nc1ccc2c(ccn2-c2ccc(C(=O)NC3CC3)cc2)c1)c1ccc(N2CCCC(CO)C2)cc1. The highest BCUT2D eigenvalue weighted by molar-refractivity contribution is 6.05. The Kier molecular flexibility index (Phi) is 6.60. The standard InChI is InChI=1S/C31H32N4O3/c36-20-21-2-1-16-34(19-21)27-10-3-22(4-11-27)31(38)33-26-9-14-29-24(18-26)15-17-35(29)28-12-5-23(6-13-28)30(37)32-25-7-8-25/h3-6,9-15,17-18,21,25,36H,1-2,7-8,16,19-20H2,(H,32,37)(H,33,38). The molecule has 3 aromatic carbocycles. The summed E-state index contributed by atoms with van der Waals surface area (Å²) < 4.78 is 2.07. The number of aromatic nitrogens is 1. The predicted octanol–water partition coefficient (Wildman–Crippen LogP) is 4.98. The van der Waals surface area contributed by atoms with Crippen LogP contribution in [0, 0.1) is 5.92 Å². The molecule has 2 fully saturated rings. The van der Waals surface area contributed by atoms with Gasteiger partial charge in [0.25, 0.3) is 11.8 Å². The molecule has 1 aliphatic heterocycles. The van der Waals surface area contributed by atoms with Crippen molar-refractivity contribution in [3.8, 4) is 5.69 Å². The summed E-state index contributed by atoms with van der Waals surface area (Å²) in [6, 6.07) is 23.5. The Bertz CT molecular complexity index is 1460. The van der Waals surface area contributed by atoms with Crippen molar-refractivity contribution in [3.63, 3.8) is 0 Å². The third-order valence-corrected chi connectivity index (χ3v) is 7.54. The van der Waals surface area contributed by atoms with E-state index in [1.165, 1.54) is 0 Å². The van der Waals surface area contributed by atoms with E-state index < -0.39 is 0 Å². The molecule has 194 valence electrons. The first-order chi connectivity index (χ1) is 18.6. The summed E-state index contributed by atoms with van der Waals surface area (Å²) in [4.78, 5) is 27.5. The third kappa shape index (κ3) is 5.15. The Morgan fingerprint density at radius 3 is 2.26 bits per heavy atom. The summed E-state index contributed by atoms with van der Waals surface area (Å²) in [6.45, 7) is 2.04. The van der Waals surface area contributed by atoms with Crippen molar-refractivity contribution in [2.75, 3.05) is 29.9 Å². The van der Waals surface area contributed by atoms with Crippen LogP contribution in [-0.2, 0) is 0 Å². The number of amides is 2. The Balaban J connectivity index is 1.12. The number of carbonyl (C=O) groups excluding carboxylic acids is 2.